The molecule has 0 N–H and O–H groups in total. The fourth-order valence-electron chi connectivity index (χ4n) is 7.79. The van der Waals surface area contributed by atoms with Crippen LogP contribution in [0.2, 0.25) is 0 Å². The van der Waals surface area contributed by atoms with Crippen molar-refractivity contribution in [2.24, 2.45) is 0 Å². The van der Waals surface area contributed by atoms with Crippen LogP contribution < -0.4 is 0 Å². The predicted molar refractivity (Wildman–Crippen MR) is 341 cm³/mol. The Morgan fingerprint density at radius 3 is 1.19 bits per heavy atom. The number of hydrogen-bond acceptors (Lipinski definition) is 0. The summed E-state index contributed by atoms with van der Waals surface area (Å²) >= 11 is 0. The molecule has 0 nitrogen and oxygen atoms in total. The van der Waals surface area contributed by atoms with Gasteiger partial charge in [0, 0.05) is 61.3 Å². The van der Waals surface area contributed by atoms with Crippen LogP contribution in [0, 0.1) is 82.0 Å². The molecule has 0 spiro atoms. The summed E-state index contributed by atoms with van der Waals surface area (Å²) in [4.78, 5) is 0. The van der Waals surface area contributed by atoms with Crippen LogP contribution >= 0.6 is 0 Å². The van der Waals surface area contributed by atoms with E-state index >= 15 is 0 Å². The molecule has 0 saturated heterocycles. The minimum atomic E-state index is 0. The Morgan fingerprint density at radius 2 is 0.805 bits per heavy atom. The molecule has 1 aliphatic carbocycles. The Kier molecular flexibility index (Phi) is 24.5. The molecule has 0 heterocycles. The van der Waals surface area contributed by atoms with Crippen LogP contribution in [0.5, 0.6) is 0 Å². The third-order valence-electron chi connectivity index (χ3n) is 12.3. The Bertz CT molecular complexity index is 3550. The van der Waals surface area contributed by atoms with Crippen molar-refractivity contribution >= 4 is 11.1 Å². The second kappa shape index (κ2) is 30.4. The molecule has 0 heteroatoms. The monoisotopic (exact) mass is 1000 g/mol. The molecule has 5 aromatic carbocycles. The van der Waals surface area contributed by atoms with Gasteiger partial charge < -0.3 is 0 Å². The molecule has 5 aromatic rings. The van der Waals surface area contributed by atoms with Gasteiger partial charge in [0.25, 0.3) is 0 Å². The summed E-state index contributed by atoms with van der Waals surface area (Å²) in [6.07, 6.45) is 20.1. The van der Waals surface area contributed by atoms with Gasteiger partial charge in [-0.2, -0.15) is 0 Å². The number of benzene rings is 5. The van der Waals surface area contributed by atoms with E-state index in [4.69, 9.17) is 6.58 Å². The lowest BCUT2D eigenvalue weighted by atomic mass is 9.74. The molecule has 0 atom stereocenters. The Labute approximate surface area is 466 Å². The first-order chi connectivity index (χ1) is 35.7. The number of hydrogen-bond donors (Lipinski definition) is 0. The lowest BCUT2D eigenvalue weighted by Crippen LogP contribution is -2.12. The van der Waals surface area contributed by atoms with Crippen LogP contribution in [-0.4, -0.2) is 0 Å². The van der Waals surface area contributed by atoms with Crippen LogP contribution in [-0.2, 0) is 0 Å². The van der Waals surface area contributed by atoms with E-state index in [1.807, 2.05) is 44.2 Å². The Hall–Kier alpha value is -9.04. The maximum atomic E-state index is 4.94. The van der Waals surface area contributed by atoms with Crippen LogP contribution in [0.4, 0.5) is 0 Å². The zero-order valence-corrected chi connectivity index (χ0v) is 44.9. The van der Waals surface area contributed by atoms with Crippen molar-refractivity contribution in [3.63, 3.8) is 0 Å². The van der Waals surface area contributed by atoms with E-state index in [0.717, 1.165) is 111 Å². The van der Waals surface area contributed by atoms with Gasteiger partial charge in [0.05, 0.1) is 0 Å². The molecule has 77 heavy (non-hydrogen) atoms. The highest BCUT2D eigenvalue weighted by Gasteiger charge is 2.31. The zero-order chi connectivity index (χ0) is 53.1. The van der Waals surface area contributed by atoms with Gasteiger partial charge in [-0.1, -0.05) is 274 Å². The minimum Gasteiger partial charge on any atom is -0.0988 e. The van der Waals surface area contributed by atoms with Crippen molar-refractivity contribution in [3.05, 3.63) is 319 Å². The molecular formula is C77H78. The number of aryl methyl sites for hydroxylation is 5. The van der Waals surface area contributed by atoms with Crippen LogP contribution in [0.25, 0.3) is 11.1 Å². The average molecular weight is 1000 g/mol. The van der Waals surface area contributed by atoms with Crippen LogP contribution in [0.15, 0.2) is 263 Å². The molecule has 0 amide bonds. The third kappa shape index (κ3) is 17.3. The molecule has 0 radical (unpaired) electrons. The first kappa shape index (κ1) is 62.3. The fraction of sp³-hybridized carbons (Fsp3) is 0.169. The normalized spacial score (nSPS) is 16.4. The summed E-state index contributed by atoms with van der Waals surface area (Å²) in [6.45, 7) is 34.3. The molecule has 0 aromatic heterocycles. The molecule has 0 bridgehead atoms. The molecular weight excluding hydrogens is 925 g/mol. The summed E-state index contributed by atoms with van der Waals surface area (Å²) in [5.74, 6) is 29.8. The zero-order valence-electron chi connectivity index (χ0n) is 44.9. The van der Waals surface area contributed by atoms with E-state index in [-0.39, 0.29) is 22.3 Å². The highest BCUT2D eigenvalue weighted by molar-refractivity contribution is 6.03. The van der Waals surface area contributed by atoms with E-state index in [1.54, 1.807) is 0 Å². The average Bonchev–Trinajstić information content (AvgIpc) is 3.40. The summed E-state index contributed by atoms with van der Waals surface area (Å²) in [6, 6.07) is 42.3. The van der Waals surface area contributed by atoms with Gasteiger partial charge in [0.1, 0.15) is 0 Å². The first-order valence-electron chi connectivity index (χ1n) is 25.0. The van der Waals surface area contributed by atoms with Crippen LogP contribution in [0.3, 0.4) is 0 Å². The van der Waals surface area contributed by atoms with Crippen molar-refractivity contribution in [3.8, 4) is 47.4 Å². The minimum absolute atomic E-state index is 0. The van der Waals surface area contributed by atoms with Gasteiger partial charge in [-0.05, 0) is 134 Å². The van der Waals surface area contributed by atoms with Gasteiger partial charge in [-0.15, -0.1) is 0 Å². The Balaban J connectivity index is 0.00000520. The van der Waals surface area contributed by atoms with E-state index in [0.29, 0.717) is 16.7 Å². The predicted octanol–water partition coefficient (Wildman–Crippen LogP) is 20.0. The van der Waals surface area contributed by atoms with Gasteiger partial charge in [-0.25, -0.2) is 0 Å². The largest absolute Gasteiger partial charge is 0.0988 e. The summed E-state index contributed by atoms with van der Waals surface area (Å²) in [5.41, 5.74) is 20.9. The number of rotatable bonds is 10. The van der Waals surface area contributed by atoms with E-state index in [2.05, 4.69) is 268 Å². The third-order valence-corrected chi connectivity index (χ3v) is 12.3. The fourth-order valence-corrected chi connectivity index (χ4v) is 7.79. The van der Waals surface area contributed by atoms with Gasteiger partial charge in [0.2, 0.25) is 0 Å². The van der Waals surface area contributed by atoms with Gasteiger partial charge in [0.15, 0.2) is 0 Å². The van der Waals surface area contributed by atoms with E-state index in [1.165, 1.54) is 0 Å². The maximum Gasteiger partial charge on any atom is 0.0431 e. The molecule has 0 fully saturated rings. The smallest absolute Gasteiger partial charge is 0.0431 e. The highest BCUT2D eigenvalue weighted by Crippen LogP contribution is 2.46. The van der Waals surface area contributed by atoms with Gasteiger partial charge in [-0.3, -0.25) is 0 Å². The lowest BCUT2D eigenvalue weighted by Gasteiger charge is -2.27. The van der Waals surface area contributed by atoms with Crippen molar-refractivity contribution in [1.82, 2.24) is 0 Å². The standard InChI is InChI=1S/C74H66.3CH4/c1-14-53(6)20-18-17-19-21-67-72(64(16-3)44-22-52(4)5)70(51-43-63-39-28-57(10)29-40-63)74(66-47-32-59(12)33-48-66)69(50-42-62-37-26-56(9)27-38-62)71(60(13)34-23-54(7)15-2)68(49-41-61-35-24-55(8)25-36-61)73(67)65-45-30-58(11)31-46-65;;;/h14-18,20,22-40,44-48H,1,3,13H2,2,4-12H3;3*1H4/b18-17+,34-23-,53-20-,54-15-,64-44+,71-68-,71-69?,72-67?,72-70-,73-67-,73-68?,74-69-,74-70?;;;. The van der Waals surface area contributed by atoms with Crippen molar-refractivity contribution < 1.29 is 0 Å². The first-order valence-corrected chi connectivity index (χ1v) is 25.0. The topological polar surface area (TPSA) is 0 Å². The Morgan fingerprint density at radius 1 is 0.416 bits per heavy atom. The second-order valence-electron chi connectivity index (χ2n) is 18.8. The molecule has 0 unspecified atom stereocenters. The van der Waals surface area contributed by atoms with Crippen molar-refractivity contribution in [1.29, 1.82) is 0 Å². The summed E-state index contributed by atoms with van der Waals surface area (Å²) in [7, 11) is 0. The lowest BCUT2D eigenvalue weighted by molar-refractivity contribution is 1.35. The second-order valence-corrected chi connectivity index (χ2v) is 18.8. The summed E-state index contributed by atoms with van der Waals surface area (Å²) in [5, 5.41) is 0. The molecule has 6 rings (SSSR count). The number of allylic oxidation sites excluding steroid dienone is 23. The molecule has 1 aliphatic rings. The molecule has 0 saturated carbocycles. The maximum absolute atomic E-state index is 4.94. The SMILES string of the molecule is C.C.C.C=C/C(C)=C\C=C\C#CC1=C(c2ccc(C)cc2)/C(C#Cc2ccc(C)cc2)=C(C(=C)/C=C\C(C)=C/C)\C(C#Cc2ccc(C)cc2)=C(c2ccc(C)cc2)/C(C#Cc2ccc(C)cc2)=C\1C(/C=C)=C/C=C(C)C. The molecule has 386 valence electrons. The van der Waals surface area contributed by atoms with E-state index < -0.39 is 0 Å². The highest BCUT2D eigenvalue weighted by atomic mass is 14.3. The van der Waals surface area contributed by atoms with Crippen molar-refractivity contribution in [2.45, 2.75) is 91.5 Å². The molecule has 0 aliphatic heterocycles. The summed E-state index contributed by atoms with van der Waals surface area (Å²) < 4.78 is 0. The van der Waals surface area contributed by atoms with Crippen molar-refractivity contribution in [2.75, 3.05) is 0 Å². The van der Waals surface area contributed by atoms with Crippen LogP contribution in [0.1, 0.15) is 113 Å². The van der Waals surface area contributed by atoms with E-state index in [9.17, 15) is 0 Å². The quantitative estimate of drug-likeness (QED) is 0.0966. The van der Waals surface area contributed by atoms with Gasteiger partial charge >= 0.3 is 0 Å².